The maximum Gasteiger partial charge on any atom is 0.338 e. The molecule has 0 fully saturated rings. The Morgan fingerprint density at radius 3 is 2.60 bits per heavy atom. The highest BCUT2D eigenvalue weighted by atomic mass is 32.1. The van der Waals surface area contributed by atoms with Crippen molar-refractivity contribution in [2.24, 2.45) is 4.99 Å². The highest BCUT2D eigenvalue weighted by Gasteiger charge is 2.34. The molecule has 5 rings (SSSR count). The zero-order valence-corrected chi connectivity index (χ0v) is 23.9. The highest BCUT2D eigenvalue weighted by molar-refractivity contribution is 7.07. The van der Waals surface area contributed by atoms with Crippen LogP contribution >= 0.6 is 11.3 Å². The number of hydrogen-bond acceptors (Lipinski definition) is 9. The number of aromatic nitrogens is 1. The van der Waals surface area contributed by atoms with Crippen LogP contribution in [0, 0.1) is 10.1 Å². The summed E-state index contributed by atoms with van der Waals surface area (Å²) in [6.07, 6.45) is 1.76. The van der Waals surface area contributed by atoms with Gasteiger partial charge in [-0.25, -0.2) is 9.79 Å². The van der Waals surface area contributed by atoms with Gasteiger partial charge in [0.1, 0.15) is 24.1 Å². The van der Waals surface area contributed by atoms with Crippen molar-refractivity contribution >= 4 is 29.1 Å². The highest BCUT2D eigenvalue weighted by Crippen LogP contribution is 2.35. The van der Waals surface area contributed by atoms with Crippen LogP contribution in [0.25, 0.3) is 6.08 Å². The Morgan fingerprint density at radius 2 is 1.88 bits per heavy atom. The van der Waals surface area contributed by atoms with Crippen LogP contribution in [0.3, 0.4) is 0 Å². The van der Waals surface area contributed by atoms with Gasteiger partial charge in [-0.1, -0.05) is 41.7 Å². The molecule has 0 spiro atoms. The zero-order chi connectivity index (χ0) is 29.8. The van der Waals surface area contributed by atoms with Crippen LogP contribution < -0.4 is 24.4 Å². The number of nitrogens with zero attached hydrogens (tertiary/aromatic N) is 3. The summed E-state index contributed by atoms with van der Waals surface area (Å²) in [5, 5.41) is 10.9. The van der Waals surface area contributed by atoms with E-state index in [0.29, 0.717) is 32.1 Å². The van der Waals surface area contributed by atoms with Gasteiger partial charge in [-0.05, 0) is 61.4 Å². The van der Waals surface area contributed by atoms with E-state index in [0.717, 1.165) is 11.1 Å². The van der Waals surface area contributed by atoms with Crippen LogP contribution in [-0.2, 0) is 16.1 Å². The van der Waals surface area contributed by atoms with Gasteiger partial charge in [0, 0.05) is 17.7 Å². The molecule has 0 saturated heterocycles. The average Bonchev–Trinajstić information content (AvgIpc) is 3.29. The van der Waals surface area contributed by atoms with Crippen LogP contribution in [0.1, 0.15) is 36.6 Å². The van der Waals surface area contributed by atoms with Gasteiger partial charge in [-0.15, -0.1) is 0 Å². The second-order valence-corrected chi connectivity index (χ2v) is 10.3. The molecule has 2 heterocycles. The predicted octanol–water partition coefficient (Wildman–Crippen LogP) is 4.29. The molecule has 0 saturated carbocycles. The first-order valence-corrected chi connectivity index (χ1v) is 13.9. The number of benzene rings is 3. The molecule has 4 aromatic rings. The third-order valence-electron chi connectivity index (χ3n) is 6.66. The molecule has 11 heteroatoms. The lowest BCUT2D eigenvalue weighted by Gasteiger charge is -2.25. The van der Waals surface area contributed by atoms with Crippen molar-refractivity contribution in [2.75, 3.05) is 13.7 Å². The van der Waals surface area contributed by atoms with Gasteiger partial charge in [0.2, 0.25) is 0 Å². The first-order chi connectivity index (χ1) is 20.3. The molecule has 1 atom stereocenters. The lowest BCUT2D eigenvalue weighted by molar-refractivity contribution is -0.384. The summed E-state index contributed by atoms with van der Waals surface area (Å²) in [7, 11) is 1.54. The molecule has 0 bridgehead atoms. The van der Waals surface area contributed by atoms with Crippen molar-refractivity contribution in [1.82, 2.24) is 4.57 Å². The summed E-state index contributed by atoms with van der Waals surface area (Å²) >= 11 is 1.22. The van der Waals surface area contributed by atoms with Gasteiger partial charge in [-0.3, -0.25) is 19.5 Å². The van der Waals surface area contributed by atoms with Crippen LogP contribution in [0.4, 0.5) is 5.69 Å². The minimum Gasteiger partial charge on any atom is -0.496 e. The molecular formula is C31H27N3O7S. The number of allylic oxidation sites excluding steroid dienone is 1. The van der Waals surface area contributed by atoms with Crippen molar-refractivity contribution in [2.45, 2.75) is 26.5 Å². The number of carbonyl (C=O) groups is 1. The minimum absolute atomic E-state index is 0.0136. The van der Waals surface area contributed by atoms with E-state index < -0.39 is 16.9 Å². The van der Waals surface area contributed by atoms with E-state index in [9.17, 15) is 19.7 Å². The molecule has 0 aliphatic carbocycles. The Bertz CT molecular complexity index is 1870. The van der Waals surface area contributed by atoms with Crippen molar-refractivity contribution in [3.63, 3.8) is 0 Å². The van der Waals surface area contributed by atoms with Crippen molar-refractivity contribution < 1.29 is 23.9 Å². The van der Waals surface area contributed by atoms with E-state index in [4.69, 9.17) is 14.2 Å². The largest absolute Gasteiger partial charge is 0.496 e. The molecule has 10 nitrogen and oxygen atoms in total. The van der Waals surface area contributed by atoms with Gasteiger partial charge >= 0.3 is 5.97 Å². The number of nitro benzene ring substituents is 1. The van der Waals surface area contributed by atoms with E-state index in [1.807, 2.05) is 30.3 Å². The summed E-state index contributed by atoms with van der Waals surface area (Å²) in [5.74, 6) is 0.565. The fraction of sp³-hybridized carbons (Fsp3) is 0.194. The third kappa shape index (κ3) is 5.72. The summed E-state index contributed by atoms with van der Waals surface area (Å²) < 4.78 is 18.8. The van der Waals surface area contributed by atoms with Gasteiger partial charge in [0.15, 0.2) is 4.80 Å². The first kappa shape index (κ1) is 28.5. The standard InChI is InChI=1S/C31H27N3O7S/c1-4-40-30(36)27-19(2)32-31-33(28(27)24-10-5-6-11-25(24)39-3)29(35)26(42-31)17-21-8-7-9-23(16-21)41-18-20-12-14-22(15-13-20)34(37)38/h5-17,28H,4,18H2,1-3H3/b26-17+/t28-/m1/s1. The normalized spacial score (nSPS) is 14.6. The molecule has 1 aliphatic heterocycles. The van der Waals surface area contributed by atoms with Crippen LogP contribution in [0.2, 0.25) is 0 Å². The molecule has 0 unspecified atom stereocenters. The number of non-ortho nitro benzene ring substituents is 1. The van der Waals surface area contributed by atoms with Gasteiger partial charge < -0.3 is 14.2 Å². The SMILES string of the molecule is CCOC(=O)C1=C(C)N=c2s/c(=C/c3cccc(OCc4ccc([N+](=O)[O-])cc4)c3)c(=O)n2[C@@H]1c1ccccc1OC. The average molecular weight is 586 g/mol. The number of carbonyl (C=O) groups excluding carboxylic acids is 1. The van der Waals surface area contributed by atoms with Gasteiger partial charge in [0.25, 0.3) is 11.2 Å². The Morgan fingerprint density at radius 1 is 1.12 bits per heavy atom. The lowest BCUT2D eigenvalue weighted by Crippen LogP contribution is -2.40. The number of rotatable bonds is 9. The van der Waals surface area contributed by atoms with Crippen LogP contribution in [-0.4, -0.2) is 29.2 Å². The van der Waals surface area contributed by atoms with E-state index >= 15 is 0 Å². The number of nitro groups is 1. The Labute approximate surface area is 244 Å². The molecule has 0 amide bonds. The number of methoxy groups -OCH3 is 1. The number of hydrogen-bond donors (Lipinski definition) is 0. The van der Waals surface area contributed by atoms with Crippen LogP contribution in [0.5, 0.6) is 11.5 Å². The molecule has 0 N–H and O–H groups in total. The molecule has 42 heavy (non-hydrogen) atoms. The van der Waals surface area contributed by atoms with Gasteiger partial charge in [0.05, 0.1) is 34.4 Å². The number of fused-ring (bicyclic) bond motifs is 1. The third-order valence-corrected chi connectivity index (χ3v) is 7.64. The lowest BCUT2D eigenvalue weighted by atomic mass is 9.95. The fourth-order valence-electron chi connectivity index (χ4n) is 4.70. The number of thiazole rings is 1. The Kier molecular flexibility index (Phi) is 8.30. The van der Waals surface area contributed by atoms with E-state index in [1.165, 1.54) is 28.0 Å². The monoisotopic (exact) mass is 585 g/mol. The molecule has 3 aromatic carbocycles. The number of ether oxygens (including phenoxy) is 3. The fourth-order valence-corrected chi connectivity index (χ4v) is 5.75. The quantitative estimate of drug-likeness (QED) is 0.163. The molecule has 214 valence electrons. The second kappa shape index (κ2) is 12.2. The summed E-state index contributed by atoms with van der Waals surface area (Å²) in [5.41, 5.74) is 2.62. The number of para-hydroxylation sites is 1. The maximum absolute atomic E-state index is 13.9. The Balaban J connectivity index is 1.52. The predicted molar refractivity (Wildman–Crippen MR) is 157 cm³/mol. The topological polar surface area (TPSA) is 122 Å². The van der Waals surface area contributed by atoms with Crippen molar-refractivity contribution in [3.8, 4) is 11.5 Å². The minimum atomic E-state index is -0.782. The molecular weight excluding hydrogens is 558 g/mol. The Hall–Kier alpha value is -5.03. The van der Waals surface area contributed by atoms with Crippen molar-refractivity contribution in [3.05, 3.63) is 131 Å². The van der Waals surface area contributed by atoms with E-state index in [1.54, 1.807) is 57.4 Å². The summed E-state index contributed by atoms with van der Waals surface area (Å²) in [6.45, 7) is 3.86. The van der Waals surface area contributed by atoms with E-state index in [-0.39, 0.29) is 30.0 Å². The smallest absolute Gasteiger partial charge is 0.338 e. The van der Waals surface area contributed by atoms with Crippen LogP contribution in [0.15, 0.2) is 93.9 Å². The maximum atomic E-state index is 13.9. The first-order valence-electron chi connectivity index (χ1n) is 13.1. The number of esters is 1. The molecule has 1 aromatic heterocycles. The molecule has 1 aliphatic rings. The zero-order valence-electron chi connectivity index (χ0n) is 23.1. The van der Waals surface area contributed by atoms with Crippen molar-refractivity contribution in [1.29, 1.82) is 0 Å². The van der Waals surface area contributed by atoms with E-state index in [2.05, 4.69) is 4.99 Å². The second-order valence-electron chi connectivity index (χ2n) is 9.33. The summed E-state index contributed by atoms with van der Waals surface area (Å²) in [6, 6.07) is 19.9. The van der Waals surface area contributed by atoms with Gasteiger partial charge in [-0.2, -0.15) is 0 Å². The summed E-state index contributed by atoms with van der Waals surface area (Å²) in [4.78, 5) is 42.5. The molecule has 0 radical (unpaired) electrons.